The Kier molecular flexibility index (Phi) is 11.6. The predicted molar refractivity (Wildman–Crippen MR) is 172 cm³/mol. The third kappa shape index (κ3) is 9.81. The highest BCUT2D eigenvalue weighted by molar-refractivity contribution is 6.07. The third-order valence-electron chi connectivity index (χ3n) is 6.45. The zero-order chi connectivity index (χ0) is 34.3. The first-order valence-corrected chi connectivity index (χ1v) is 15.2. The first kappa shape index (κ1) is 35.6. The van der Waals surface area contributed by atoms with Gasteiger partial charge in [-0.15, -0.1) is 0 Å². The number of carbonyl (C=O) groups excluding carboxylic acids is 4. The third-order valence-corrected chi connectivity index (χ3v) is 6.45. The van der Waals surface area contributed by atoms with Crippen LogP contribution in [0.4, 0.5) is 17.1 Å². The molecule has 0 aromatic carbocycles. The van der Waals surface area contributed by atoms with Crippen molar-refractivity contribution in [2.45, 2.75) is 87.0 Å². The van der Waals surface area contributed by atoms with Crippen molar-refractivity contribution in [2.75, 3.05) is 17.2 Å². The van der Waals surface area contributed by atoms with E-state index in [-0.39, 0.29) is 54.2 Å². The minimum absolute atomic E-state index is 0.00422. The second-order valence-corrected chi connectivity index (χ2v) is 12.8. The van der Waals surface area contributed by atoms with Gasteiger partial charge in [-0.05, 0) is 51.7 Å². The predicted octanol–water partition coefficient (Wildman–Crippen LogP) is 5.72. The van der Waals surface area contributed by atoms with Crippen LogP contribution < -0.4 is 10.6 Å². The quantitative estimate of drug-likeness (QED) is 0.128. The fraction of sp³-hybridized carbons (Fsp3) is 0.500. The van der Waals surface area contributed by atoms with Gasteiger partial charge in [-0.25, -0.2) is 4.79 Å². The maximum atomic E-state index is 13.6. The number of rotatable bonds is 14. The number of ether oxygens (including phenoxy) is 2. The number of carbonyl (C=O) groups is 4. The summed E-state index contributed by atoms with van der Waals surface area (Å²) < 4.78 is 15.3. The van der Waals surface area contributed by atoms with Gasteiger partial charge in [0.2, 0.25) is 0 Å². The van der Waals surface area contributed by atoms with Gasteiger partial charge in [0.15, 0.2) is 0 Å². The second-order valence-electron chi connectivity index (χ2n) is 12.8. The Balaban J connectivity index is 1.87. The molecule has 0 saturated heterocycles. The Morgan fingerprint density at radius 3 is 1.83 bits per heavy atom. The van der Waals surface area contributed by atoms with Crippen LogP contribution in [-0.2, 0) is 33.9 Å². The summed E-state index contributed by atoms with van der Waals surface area (Å²) in [4.78, 5) is 62.6. The topological polar surface area (TPSA) is 169 Å². The molecule has 0 aliphatic heterocycles. The van der Waals surface area contributed by atoms with Crippen molar-refractivity contribution in [2.24, 2.45) is 11.8 Å². The monoisotopic (exact) mass is 640 g/mol. The average Bonchev–Trinajstić information content (AvgIpc) is 3.63. The molecule has 3 heterocycles. The molecule has 0 bridgehead atoms. The van der Waals surface area contributed by atoms with E-state index in [1.54, 1.807) is 49.2 Å². The van der Waals surface area contributed by atoms with Crippen LogP contribution in [0.2, 0.25) is 0 Å². The molecule has 0 unspecified atom stereocenters. The summed E-state index contributed by atoms with van der Waals surface area (Å²) in [5, 5.41) is 17.0. The fourth-order valence-electron chi connectivity index (χ4n) is 4.78. The van der Waals surface area contributed by atoms with E-state index in [4.69, 9.17) is 9.47 Å². The molecule has 3 aromatic rings. The van der Waals surface area contributed by atoms with Crippen LogP contribution >= 0.6 is 0 Å². The molecule has 14 heteroatoms. The standard InChI is InChI=1S/C32H44N6O8/c1-9-45-31(42)27-13-23(17-35(27)11-10-28(39)46-32(6,7)8)34-29(40)25-12-22(18-36(25)15-20(2)3)33-30(41)26-14-24(38(43)44)19-37(26)16-21(4)5/h12-14,17-21H,9-11,15-16H2,1-8H3,(H,33,41)(H,34,40). The molecule has 0 aliphatic carbocycles. The summed E-state index contributed by atoms with van der Waals surface area (Å²) in [5.74, 6) is -1.81. The van der Waals surface area contributed by atoms with Gasteiger partial charge in [0.25, 0.3) is 17.5 Å². The van der Waals surface area contributed by atoms with Crippen LogP contribution in [-0.4, -0.2) is 54.6 Å². The number of aromatic nitrogens is 3. The second kappa shape index (κ2) is 14.9. The minimum Gasteiger partial charge on any atom is -0.461 e. The number of nitrogens with zero attached hydrogens (tertiary/aromatic N) is 4. The van der Waals surface area contributed by atoms with Crippen molar-refractivity contribution in [3.63, 3.8) is 0 Å². The van der Waals surface area contributed by atoms with Gasteiger partial charge in [0.1, 0.15) is 22.7 Å². The number of hydrogen-bond acceptors (Lipinski definition) is 8. The first-order chi connectivity index (χ1) is 21.5. The lowest BCUT2D eigenvalue weighted by Crippen LogP contribution is -2.24. The number of amides is 2. The van der Waals surface area contributed by atoms with Crippen LogP contribution in [0.15, 0.2) is 36.8 Å². The summed E-state index contributed by atoms with van der Waals surface area (Å²) >= 11 is 0. The van der Waals surface area contributed by atoms with E-state index in [1.807, 2.05) is 27.7 Å². The van der Waals surface area contributed by atoms with Crippen LogP contribution in [0, 0.1) is 22.0 Å². The van der Waals surface area contributed by atoms with Gasteiger partial charge in [-0.3, -0.25) is 24.5 Å². The van der Waals surface area contributed by atoms with E-state index >= 15 is 0 Å². The van der Waals surface area contributed by atoms with Gasteiger partial charge in [0.05, 0.1) is 35.5 Å². The Hall–Kier alpha value is -4.88. The zero-order valence-corrected chi connectivity index (χ0v) is 27.7. The minimum atomic E-state index is -0.656. The summed E-state index contributed by atoms with van der Waals surface area (Å²) in [6.07, 6.45) is 4.51. The number of nitro groups is 1. The maximum Gasteiger partial charge on any atom is 0.355 e. The molecule has 3 aromatic heterocycles. The molecule has 0 saturated carbocycles. The van der Waals surface area contributed by atoms with Crippen molar-refractivity contribution >= 4 is 40.8 Å². The van der Waals surface area contributed by atoms with E-state index in [1.165, 1.54) is 29.0 Å². The number of nitrogens with one attached hydrogen (secondary N) is 2. The Bertz CT molecular complexity index is 1590. The molecule has 3 rings (SSSR count). The van der Waals surface area contributed by atoms with Crippen molar-refractivity contribution < 1.29 is 33.6 Å². The van der Waals surface area contributed by atoms with Gasteiger partial charge in [0, 0.05) is 38.1 Å². The van der Waals surface area contributed by atoms with Gasteiger partial charge in [-0.2, -0.15) is 0 Å². The molecule has 0 spiro atoms. The smallest absolute Gasteiger partial charge is 0.355 e. The average molecular weight is 641 g/mol. The van der Waals surface area contributed by atoms with Crippen LogP contribution in [0.5, 0.6) is 0 Å². The lowest BCUT2D eigenvalue weighted by atomic mass is 10.2. The summed E-state index contributed by atoms with van der Waals surface area (Å²) in [6.45, 7) is 15.9. The highest BCUT2D eigenvalue weighted by Crippen LogP contribution is 2.23. The van der Waals surface area contributed by atoms with E-state index < -0.39 is 34.3 Å². The number of hydrogen-bond donors (Lipinski definition) is 2. The summed E-state index contributed by atoms with van der Waals surface area (Å²) in [7, 11) is 0. The number of aryl methyl sites for hydroxylation is 1. The molecular weight excluding hydrogens is 596 g/mol. The molecule has 14 nitrogen and oxygen atoms in total. The lowest BCUT2D eigenvalue weighted by molar-refractivity contribution is -0.384. The molecule has 0 atom stereocenters. The normalized spacial score (nSPS) is 11.5. The molecule has 2 amide bonds. The molecule has 0 aliphatic rings. The Morgan fingerprint density at radius 2 is 1.33 bits per heavy atom. The SMILES string of the molecule is CCOC(=O)c1cc(NC(=O)c2cc(NC(=O)c3cc([N+](=O)[O-])cn3CC(C)C)cn2CC(C)C)cn1CCC(=O)OC(C)(C)C. The highest BCUT2D eigenvalue weighted by atomic mass is 16.6. The van der Waals surface area contributed by atoms with Crippen LogP contribution in [0.3, 0.4) is 0 Å². The largest absolute Gasteiger partial charge is 0.461 e. The van der Waals surface area contributed by atoms with Gasteiger partial charge in [-0.1, -0.05) is 27.7 Å². The highest BCUT2D eigenvalue weighted by Gasteiger charge is 2.24. The molecular formula is C32H44N6O8. The summed E-state index contributed by atoms with van der Waals surface area (Å²) in [6, 6.07) is 4.22. The van der Waals surface area contributed by atoms with Crippen molar-refractivity contribution in [1.82, 2.24) is 13.7 Å². The number of esters is 2. The molecule has 0 radical (unpaired) electrons. The molecule has 2 N–H and O–H groups in total. The van der Waals surface area contributed by atoms with E-state index in [0.717, 1.165) is 0 Å². The van der Waals surface area contributed by atoms with E-state index in [0.29, 0.717) is 24.5 Å². The zero-order valence-electron chi connectivity index (χ0n) is 27.7. The maximum absolute atomic E-state index is 13.6. The number of anilines is 2. The van der Waals surface area contributed by atoms with Crippen molar-refractivity contribution in [1.29, 1.82) is 0 Å². The lowest BCUT2D eigenvalue weighted by Gasteiger charge is -2.19. The fourth-order valence-corrected chi connectivity index (χ4v) is 4.78. The van der Waals surface area contributed by atoms with Crippen molar-refractivity contribution in [3.05, 3.63) is 64.0 Å². The van der Waals surface area contributed by atoms with E-state index in [2.05, 4.69) is 10.6 Å². The van der Waals surface area contributed by atoms with Gasteiger partial charge < -0.3 is 33.8 Å². The van der Waals surface area contributed by atoms with Crippen molar-refractivity contribution in [3.8, 4) is 0 Å². The molecule has 0 fully saturated rings. The molecule has 46 heavy (non-hydrogen) atoms. The van der Waals surface area contributed by atoms with Gasteiger partial charge >= 0.3 is 11.9 Å². The Morgan fingerprint density at radius 1 is 0.826 bits per heavy atom. The Labute approximate surface area is 268 Å². The summed E-state index contributed by atoms with van der Waals surface area (Å²) in [5.41, 5.74) is 0.315. The van der Waals surface area contributed by atoms with E-state index in [9.17, 15) is 29.3 Å². The first-order valence-electron chi connectivity index (χ1n) is 15.2. The molecule has 250 valence electrons. The van der Waals surface area contributed by atoms with Crippen LogP contribution in [0.1, 0.15) is 93.3 Å². The van der Waals surface area contributed by atoms with Crippen LogP contribution in [0.25, 0.3) is 0 Å².